The summed E-state index contributed by atoms with van der Waals surface area (Å²) in [5.74, 6) is -0.0339. The van der Waals surface area contributed by atoms with E-state index in [9.17, 15) is 14.4 Å². The minimum absolute atomic E-state index is 0.0339. The second kappa shape index (κ2) is 8.14. The van der Waals surface area contributed by atoms with Crippen LogP contribution in [-0.4, -0.2) is 44.5 Å². The van der Waals surface area contributed by atoms with Crippen LogP contribution in [0.3, 0.4) is 0 Å². The van der Waals surface area contributed by atoms with Crippen LogP contribution >= 0.6 is 15.9 Å². The Kier molecular flexibility index (Phi) is 5.97. The summed E-state index contributed by atoms with van der Waals surface area (Å²) in [6, 6.07) is 3.36. The zero-order valence-corrected chi connectivity index (χ0v) is 18.6. The van der Waals surface area contributed by atoms with Gasteiger partial charge >= 0.3 is 6.09 Å². The number of halogens is 1. The van der Waals surface area contributed by atoms with Crippen molar-refractivity contribution in [1.82, 2.24) is 19.6 Å². The van der Waals surface area contributed by atoms with Gasteiger partial charge in [0.15, 0.2) is 0 Å². The van der Waals surface area contributed by atoms with Crippen LogP contribution in [0.4, 0.5) is 4.79 Å². The summed E-state index contributed by atoms with van der Waals surface area (Å²) in [4.78, 5) is 43.4. The van der Waals surface area contributed by atoms with E-state index in [-0.39, 0.29) is 30.6 Å². The van der Waals surface area contributed by atoms with Gasteiger partial charge in [-0.2, -0.15) is 0 Å². The predicted octanol–water partition coefficient (Wildman–Crippen LogP) is 2.78. The number of rotatable bonds is 4. The van der Waals surface area contributed by atoms with Crippen molar-refractivity contribution in [3.05, 3.63) is 44.4 Å². The largest absolute Gasteiger partial charge is 0.444 e. The van der Waals surface area contributed by atoms with Crippen LogP contribution in [0.15, 0.2) is 27.6 Å². The molecule has 2 aromatic rings. The molecular formula is C20H25BrN4O4. The van der Waals surface area contributed by atoms with E-state index in [0.717, 1.165) is 4.47 Å². The van der Waals surface area contributed by atoms with Crippen molar-refractivity contribution in [3.8, 4) is 0 Å². The van der Waals surface area contributed by atoms with Gasteiger partial charge in [0.05, 0.1) is 17.8 Å². The Labute approximate surface area is 177 Å². The molecule has 0 saturated carbocycles. The van der Waals surface area contributed by atoms with Gasteiger partial charge in [0.2, 0.25) is 5.91 Å². The van der Waals surface area contributed by atoms with E-state index in [1.165, 1.54) is 9.30 Å². The number of amides is 2. The lowest BCUT2D eigenvalue weighted by molar-refractivity contribution is -0.119. The molecule has 0 aromatic carbocycles. The molecule has 1 N–H and O–H groups in total. The van der Waals surface area contributed by atoms with Crippen LogP contribution in [0.25, 0.3) is 5.65 Å². The van der Waals surface area contributed by atoms with E-state index in [2.05, 4.69) is 26.2 Å². The second-order valence-electron chi connectivity index (χ2n) is 8.22. The van der Waals surface area contributed by atoms with Crippen molar-refractivity contribution < 1.29 is 14.3 Å². The molecule has 156 valence electrons. The molecule has 0 aliphatic carbocycles. The highest BCUT2D eigenvalue weighted by molar-refractivity contribution is 9.10. The first-order valence-corrected chi connectivity index (χ1v) is 10.3. The minimum atomic E-state index is -0.674. The topological polar surface area (TPSA) is 93.0 Å². The van der Waals surface area contributed by atoms with Gasteiger partial charge in [0, 0.05) is 29.7 Å². The first-order valence-electron chi connectivity index (χ1n) is 9.48. The molecule has 29 heavy (non-hydrogen) atoms. The lowest BCUT2D eigenvalue weighted by Gasteiger charge is -2.29. The normalized spacial score (nSPS) is 16.7. The van der Waals surface area contributed by atoms with Crippen LogP contribution in [0, 0.1) is 6.92 Å². The molecule has 8 nitrogen and oxygen atoms in total. The number of pyridine rings is 1. The van der Waals surface area contributed by atoms with Gasteiger partial charge < -0.3 is 15.0 Å². The van der Waals surface area contributed by atoms with Crippen molar-refractivity contribution in [2.45, 2.75) is 58.7 Å². The SMILES string of the molecule is Cc1nc2cc(Br)ccn2c(=O)c1CN(C[C@@H]1CCC(=O)N1)C(=O)OC(C)(C)C. The number of hydrogen-bond acceptors (Lipinski definition) is 5. The molecule has 1 aliphatic rings. The number of ether oxygens (including phenoxy) is 1. The molecule has 9 heteroatoms. The molecule has 0 radical (unpaired) electrons. The highest BCUT2D eigenvalue weighted by Crippen LogP contribution is 2.17. The zero-order chi connectivity index (χ0) is 21.3. The molecule has 1 aliphatic heterocycles. The molecule has 0 unspecified atom stereocenters. The summed E-state index contributed by atoms with van der Waals surface area (Å²) in [6.45, 7) is 7.44. The van der Waals surface area contributed by atoms with E-state index in [0.29, 0.717) is 29.7 Å². The molecule has 0 spiro atoms. The van der Waals surface area contributed by atoms with Gasteiger partial charge in [-0.15, -0.1) is 0 Å². The van der Waals surface area contributed by atoms with Crippen molar-refractivity contribution in [3.63, 3.8) is 0 Å². The maximum absolute atomic E-state index is 13.1. The monoisotopic (exact) mass is 464 g/mol. The smallest absolute Gasteiger partial charge is 0.410 e. The molecule has 1 atom stereocenters. The number of fused-ring (bicyclic) bond motifs is 1. The maximum Gasteiger partial charge on any atom is 0.410 e. The van der Waals surface area contributed by atoms with Crippen molar-refractivity contribution >= 4 is 33.6 Å². The predicted molar refractivity (Wildman–Crippen MR) is 112 cm³/mol. The third-order valence-electron chi connectivity index (χ3n) is 4.62. The average Bonchev–Trinajstić information content (AvgIpc) is 3.00. The van der Waals surface area contributed by atoms with E-state index in [1.54, 1.807) is 46.0 Å². The molecule has 2 aromatic heterocycles. The molecule has 3 heterocycles. The van der Waals surface area contributed by atoms with Crippen molar-refractivity contribution in [2.75, 3.05) is 6.54 Å². The maximum atomic E-state index is 13.1. The molecule has 0 bridgehead atoms. The number of nitrogens with one attached hydrogen (secondary N) is 1. The molecule has 3 rings (SSSR count). The standard InChI is InChI=1S/C20H25BrN4O4/c1-12-15(18(27)25-8-7-13(21)9-16(25)22-12)11-24(19(28)29-20(2,3)4)10-14-5-6-17(26)23-14/h7-9,14H,5-6,10-11H2,1-4H3,(H,23,26)/t14-/m0/s1. The number of carbonyl (C=O) groups is 2. The summed E-state index contributed by atoms with van der Waals surface area (Å²) < 4.78 is 7.81. The fourth-order valence-electron chi connectivity index (χ4n) is 3.24. The van der Waals surface area contributed by atoms with Crippen LogP contribution in [0.2, 0.25) is 0 Å². The Morgan fingerprint density at radius 3 is 2.76 bits per heavy atom. The van der Waals surface area contributed by atoms with Crippen molar-refractivity contribution in [2.24, 2.45) is 0 Å². The van der Waals surface area contributed by atoms with Gasteiger partial charge in [0.1, 0.15) is 11.2 Å². The quantitative estimate of drug-likeness (QED) is 0.750. The lowest BCUT2D eigenvalue weighted by Crippen LogP contribution is -2.44. The third kappa shape index (κ3) is 5.14. The summed E-state index contributed by atoms with van der Waals surface area (Å²) in [6.07, 6.45) is 2.19. The first kappa shape index (κ1) is 21.3. The first-order chi connectivity index (χ1) is 13.5. The lowest BCUT2D eigenvalue weighted by atomic mass is 10.1. The van der Waals surface area contributed by atoms with E-state index >= 15 is 0 Å². The summed E-state index contributed by atoms with van der Waals surface area (Å²) in [7, 11) is 0. The van der Waals surface area contributed by atoms with Crippen LogP contribution < -0.4 is 10.9 Å². The van der Waals surface area contributed by atoms with E-state index < -0.39 is 11.7 Å². The number of carbonyl (C=O) groups excluding carboxylic acids is 2. The van der Waals surface area contributed by atoms with Crippen molar-refractivity contribution in [1.29, 1.82) is 0 Å². The summed E-state index contributed by atoms with van der Waals surface area (Å²) in [5, 5.41) is 2.86. The Morgan fingerprint density at radius 2 is 2.14 bits per heavy atom. The van der Waals surface area contributed by atoms with E-state index in [1.807, 2.05) is 0 Å². The van der Waals surface area contributed by atoms with Crippen LogP contribution in [-0.2, 0) is 16.1 Å². The van der Waals surface area contributed by atoms with Gasteiger partial charge in [0.25, 0.3) is 5.56 Å². The fourth-order valence-corrected chi connectivity index (χ4v) is 3.57. The zero-order valence-electron chi connectivity index (χ0n) is 17.0. The molecule has 1 fully saturated rings. The number of nitrogens with zero attached hydrogens (tertiary/aromatic N) is 3. The highest BCUT2D eigenvalue weighted by atomic mass is 79.9. The molecule has 2 amide bonds. The highest BCUT2D eigenvalue weighted by Gasteiger charge is 2.29. The third-order valence-corrected chi connectivity index (χ3v) is 5.11. The van der Waals surface area contributed by atoms with Gasteiger partial charge in [-0.3, -0.25) is 14.0 Å². The number of hydrogen-bond donors (Lipinski definition) is 1. The Bertz CT molecular complexity index is 1010. The number of aromatic nitrogens is 2. The Morgan fingerprint density at radius 1 is 1.41 bits per heavy atom. The van der Waals surface area contributed by atoms with Crippen LogP contribution in [0.1, 0.15) is 44.9 Å². The van der Waals surface area contributed by atoms with Gasteiger partial charge in [-0.1, -0.05) is 15.9 Å². The summed E-state index contributed by atoms with van der Waals surface area (Å²) in [5.41, 5.74) is 0.588. The average molecular weight is 465 g/mol. The number of aryl methyl sites for hydroxylation is 1. The molecular weight excluding hydrogens is 440 g/mol. The Hall–Kier alpha value is -2.42. The van der Waals surface area contributed by atoms with Crippen LogP contribution in [0.5, 0.6) is 0 Å². The molecule has 1 saturated heterocycles. The summed E-state index contributed by atoms with van der Waals surface area (Å²) >= 11 is 3.38. The second-order valence-corrected chi connectivity index (χ2v) is 9.13. The van der Waals surface area contributed by atoms with E-state index in [4.69, 9.17) is 4.74 Å². The van der Waals surface area contributed by atoms with Gasteiger partial charge in [-0.25, -0.2) is 9.78 Å². The fraction of sp³-hybridized carbons (Fsp3) is 0.500. The minimum Gasteiger partial charge on any atom is -0.444 e. The van der Waals surface area contributed by atoms with Gasteiger partial charge in [-0.05, 0) is 46.2 Å². The Balaban J connectivity index is 1.94.